The van der Waals surface area contributed by atoms with Crippen molar-refractivity contribution in [1.82, 2.24) is 4.98 Å². The van der Waals surface area contributed by atoms with Gasteiger partial charge in [-0.2, -0.15) is 0 Å². The van der Waals surface area contributed by atoms with E-state index >= 15 is 0 Å². The minimum absolute atomic E-state index is 0.420. The minimum atomic E-state index is 0.420. The molecule has 1 fully saturated rings. The number of hydrogen-bond acceptors (Lipinski definition) is 1. The molecule has 3 rings (SSSR count). The number of benzene rings is 1. The topological polar surface area (TPSA) is 32.9 Å². The molecule has 1 N–H and O–H groups in total. The summed E-state index contributed by atoms with van der Waals surface area (Å²) < 4.78 is 1.13. The van der Waals surface area contributed by atoms with Crippen molar-refractivity contribution in [2.45, 2.75) is 38.5 Å². The number of Topliss-reactive ketones (excluding diaryl/α,β-unsaturated/α-hetero) is 1. The van der Waals surface area contributed by atoms with Gasteiger partial charge in [0.15, 0.2) is 0 Å². The number of aryl methyl sites for hydroxylation is 1. The Labute approximate surface area is 115 Å². The molecule has 1 aromatic carbocycles. The molecular weight excluding hydrogens is 290 g/mol. The first kappa shape index (κ1) is 12.0. The Balaban J connectivity index is 2.04. The average molecular weight is 306 g/mol. The third kappa shape index (κ3) is 2.01. The van der Waals surface area contributed by atoms with E-state index in [1.165, 1.54) is 22.0 Å². The highest BCUT2D eigenvalue weighted by Crippen LogP contribution is 2.37. The molecule has 0 bridgehead atoms. The molecule has 0 amide bonds. The molecule has 1 saturated carbocycles. The number of aromatic nitrogens is 1. The smallest absolute Gasteiger partial charge is 0.132 e. The van der Waals surface area contributed by atoms with Crippen molar-refractivity contribution >= 4 is 32.6 Å². The first-order valence-corrected chi connectivity index (χ1v) is 7.23. The first-order valence-electron chi connectivity index (χ1n) is 6.44. The molecule has 1 heterocycles. The van der Waals surface area contributed by atoms with Crippen molar-refractivity contribution in [3.05, 3.63) is 33.9 Å². The quantitative estimate of drug-likeness (QED) is 0.828. The van der Waals surface area contributed by atoms with Gasteiger partial charge >= 0.3 is 0 Å². The second-order valence-corrected chi connectivity index (χ2v) is 6.12. The molecule has 2 aromatic rings. The number of rotatable bonds is 1. The van der Waals surface area contributed by atoms with Crippen LogP contribution in [-0.2, 0) is 4.79 Å². The highest BCUT2D eigenvalue weighted by molar-refractivity contribution is 9.10. The lowest BCUT2D eigenvalue weighted by molar-refractivity contribution is -0.120. The molecule has 94 valence electrons. The van der Waals surface area contributed by atoms with E-state index in [9.17, 15) is 4.79 Å². The van der Waals surface area contributed by atoms with Crippen LogP contribution in [0.1, 0.15) is 42.7 Å². The Hall–Kier alpha value is -1.09. The largest absolute Gasteiger partial charge is 0.361 e. The maximum atomic E-state index is 11.3. The summed E-state index contributed by atoms with van der Waals surface area (Å²) in [6.45, 7) is 2.12. The van der Waals surface area contributed by atoms with Crippen molar-refractivity contribution in [3.63, 3.8) is 0 Å². The van der Waals surface area contributed by atoms with E-state index in [2.05, 4.69) is 46.2 Å². The Bertz CT molecular complexity index is 604. The third-order valence-corrected chi connectivity index (χ3v) is 4.42. The number of carbonyl (C=O) groups excluding carboxylic acids is 1. The van der Waals surface area contributed by atoms with E-state index in [1.807, 2.05) is 0 Å². The van der Waals surface area contributed by atoms with Crippen molar-refractivity contribution in [2.24, 2.45) is 0 Å². The number of nitrogens with one attached hydrogen (secondary N) is 1. The van der Waals surface area contributed by atoms with E-state index in [-0.39, 0.29) is 0 Å². The fourth-order valence-electron chi connectivity index (χ4n) is 2.98. The van der Waals surface area contributed by atoms with Crippen molar-refractivity contribution in [1.29, 1.82) is 0 Å². The summed E-state index contributed by atoms with van der Waals surface area (Å²) in [5, 5.41) is 1.31. The van der Waals surface area contributed by atoms with E-state index in [0.29, 0.717) is 11.7 Å². The third-order valence-electron chi connectivity index (χ3n) is 3.97. The van der Waals surface area contributed by atoms with Gasteiger partial charge in [-0.05, 0) is 48.9 Å². The number of carbonyl (C=O) groups is 1. The van der Waals surface area contributed by atoms with Gasteiger partial charge in [-0.25, -0.2) is 0 Å². The second-order valence-electron chi connectivity index (χ2n) is 5.20. The highest BCUT2D eigenvalue weighted by Gasteiger charge is 2.22. The van der Waals surface area contributed by atoms with Crippen LogP contribution in [0, 0.1) is 6.92 Å². The molecule has 3 heteroatoms. The van der Waals surface area contributed by atoms with Crippen LogP contribution in [0.4, 0.5) is 0 Å². The van der Waals surface area contributed by atoms with Crippen LogP contribution in [0.25, 0.3) is 10.9 Å². The van der Waals surface area contributed by atoms with Crippen molar-refractivity contribution in [3.8, 4) is 0 Å². The predicted molar refractivity (Wildman–Crippen MR) is 77.0 cm³/mol. The Morgan fingerprint density at radius 3 is 2.72 bits per heavy atom. The van der Waals surface area contributed by atoms with Crippen LogP contribution in [-0.4, -0.2) is 10.8 Å². The van der Waals surface area contributed by atoms with Crippen LogP contribution in [0.5, 0.6) is 0 Å². The van der Waals surface area contributed by atoms with E-state index in [0.717, 1.165) is 30.2 Å². The fourth-order valence-corrected chi connectivity index (χ4v) is 3.55. The van der Waals surface area contributed by atoms with Gasteiger partial charge in [-0.3, -0.25) is 4.79 Å². The molecule has 0 saturated heterocycles. The number of aromatic amines is 1. The molecule has 0 aliphatic heterocycles. The molecule has 2 nitrogen and oxygen atoms in total. The monoisotopic (exact) mass is 305 g/mol. The number of H-pyrrole nitrogens is 1. The lowest BCUT2D eigenvalue weighted by Crippen LogP contribution is -2.12. The maximum Gasteiger partial charge on any atom is 0.132 e. The normalized spacial score (nSPS) is 17.6. The summed E-state index contributed by atoms with van der Waals surface area (Å²) in [4.78, 5) is 14.7. The van der Waals surface area contributed by atoms with Crippen LogP contribution < -0.4 is 0 Å². The van der Waals surface area contributed by atoms with Gasteiger partial charge in [-0.1, -0.05) is 15.9 Å². The van der Waals surface area contributed by atoms with Crippen LogP contribution in [0.3, 0.4) is 0 Å². The molecule has 0 radical (unpaired) electrons. The molecule has 0 spiro atoms. The van der Waals surface area contributed by atoms with Gasteiger partial charge in [0.1, 0.15) is 5.78 Å². The molecular formula is C15H16BrNO. The Kier molecular flexibility index (Phi) is 3.02. The molecule has 0 atom stereocenters. The highest BCUT2D eigenvalue weighted by atomic mass is 79.9. The average Bonchev–Trinajstić information content (AvgIpc) is 2.74. The van der Waals surface area contributed by atoms with Gasteiger partial charge in [0.2, 0.25) is 0 Å². The zero-order chi connectivity index (χ0) is 12.7. The summed E-state index contributed by atoms with van der Waals surface area (Å²) in [7, 11) is 0. The Morgan fingerprint density at radius 1 is 1.28 bits per heavy atom. The number of halogens is 1. The van der Waals surface area contributed by atoms with E-state index in [4.69, 9.17) is 0 Å². The summed E-state index contributed by atoms with van der Waals surface area (Å²) in [5.41, 5.74) is 3.87. The zero-order valence-corrected chi connectivity index (χ0v) is 12.0. The number of hydrogen-bond donors (Lipinski definition) is 1. The van der Waals surface area contributed by atoms with Gasteiger partial charge in [0.25, 0.3) is 0 Å². The second kappa shape index (κ2) is 4.54. The molecule has 1 aliphatic carbocycles. The van der Waals surface area contributed by atoms with E-state index < -0.39 is 0 Å². The standard InChI is InChI=1S/C15H16BrNO/c1-9-6-11(16)7-13-14(8-17-15(9)13)10-2-4-12(18)5-3-10/h6-8,10,17H,2-5H2,1H3. The van der Waals surface area contributed by atoms with Crippen LogP contribution in [0.2, 0.25) is 0 Å². The van der Waals surface area contributed by atoms with Crippen molar-refractivity contribution in [2.75, 3.05) is 0 Å². The molecule has 1 aromatic heterocycles. The summed E-state index contributed by atoms with van der Waals surface area (Å²) in [6, 6.07) is 4.32. The molecule has 1 aliphatic rings. The fraction of sp³-hybridized carbons (Fsp3) is 0.400. The van der Waals surface area contributed by atoms with Crippen LogP contribution >= 0.6 is 15.9 Å². The summed E-state index contributed by atoms with van der Waals surface area (Å²) in [5.74, 6) is 0.952. The lowest BCUT2D eigenvalue weighted by atomic mass is 9.83. The Morgan fingerprint density at radius 2 is 2.00 bits per heavy atom. The molecule has 0 unspecified atom stereocenters. The van der Waals surface area contributed by atoms with Gasteiger partial charge in [-0.15, -0.1) is 0 Å². The van der Waals surface area contributed by atoms with Crippen molar-refractivity contribution < 1.29 is 4.79 Å². The first-order chi connectivity index (χ1) is 8.65. The van der Waals surface area contributed by atoms with Gasteiger partial charge in [0, 0.05) is 34.4 Å². The predicted octanol–water partition coefficient (Wildman–Crippen LogP) is 4.47. The van der Waals surface area contributed by atoms with Gasteiger partial charge < -0.3 is 4.98 Å². The summed E-state index contributed by atoms with van der Waals surface area (Å²) in [6.07, 6.45) is 5.61. The summed E-state index contributed by atoms with van der Waals surface area (Å²) >= 11 is 3.57. The number of ketones is 1. The zero-order valence-electron chi connectivity index (χ0n) is 10.4. The van der Waals surface area contributed by atoms with Gasteiger partial charge in [0.05, 0.1) is 0 Å². The maximum absolute atomic E-state index is 11.3. The van der Waals surface area contributed by atoms with Crippen LogP contribution in [0.15, 0.2) is 22.8 Å². The number of fused-ring (bicyclic) bond motifs is 1. The lowest BCUT2D eigenvalue weighted by Gasteiger charge is -2.20. The minimum Gasteiger partial charge on any atom is -0.361 e. The molecule has 18 heavy (non-hydrogen) atoms. The SMILES string of the molecule is Cc1cc(Br)cc2c(C3CCC(=O)CC3)c[nH]c12. The van der Waals surface area contributed by atoms with E-state index in [1.54, 1.807) is 0 Å².